The first kappa shape index (κ1) is 12.4. The van der Waals surface area contributed by atoms with E-state index in [1.54, 1.807) is 0 Å². The van der Waals surface area contributed by atoms with Gasteiger partial charge in [0, 0.05) is 13.0 Å². The van der Waals surface area contributed by atoms with E-state index in [1.165, 1.54) is 0 Å². The van der Waals surface area contributed by atoms with E-state index in [2.05, 4.69) is 12.2 Å². The molecule has 0 heterocycles. The summed E-state index contributed by atoms with van der Waals surface area (Å²) in [7, 11) is 0. The summed E-state index contributed by atoms with van der Waals surface area (Å²) in [5.41, 5.74) is 5.34. The quantitative estimate of drug-likeness (QED) is 0.563. The zero-order chi connectivity index (χ0) is 9.94. The Balaban J connectivity index is 3.11. The predicted molar refractivity (Wildman–Crippen MR) is 55.4 cm³/mol. The second kappa shape index (κ2) is 9.52. The molecule has 0 spiro atoms. The molecular formula is C10H22N2O. The number of hydrogen-bond donors (Lipinski definition) is 2. The molecule has 0 atom stereocenters. The number of hydrogen-bond acceptors (Lipinski definition) is 2. The van der Waals surface area contributed by atoms with Gasteiger partial charge in [0.25, 0.3) is 0 Å². The molecular weight excluding hydrogens is 164 g/mol. The molecule has 0 radical (unpaired) electrons. The summed E-state index contributed by atoms with van der Waals surface area (Å²) in [6.07, 6.45) is 5.93. The van der Waals surface area contributed by atoms with E-state index in [-0.39, 0.29) is 5.91 Å². The van der Waals surface area contributed by atoms with E-state index in [9.17, 15) is 4.79 Å². The molecule has 0 saturated heterocycles. The molecule has 0 bridgehead atoms. The highest BCUT2D eigenvalue weighted by molar-refractivity contribution is 5.75. The van der Waals surface area contributed by atoms with Crippen LogP contribution in [0, 0.1) is 0 Å². The highest BCUT2D eigenvalue weighted by Crippen LogP contribution is 1.98. The predicted octanol–water partition coefficient (Wildman–Crippen LogP) is 1.42. The fraction of sp³-hybridized carbons (Fsp3) is 0.900. The molecule has 3 heteroatoms. The molecule has 78 valence electrons. The maximum absolute atomic E-state index is 11.1. The van der Waals surface area contributed by atoms with Crippen LogP contribution in [-0.2, 0) is 4.79 Å². The van der Waals surface area contributed by atoms with Gasteiger partial charge >= 0.3 is 0 Å². The molecule has 0 rings (SSSR count). The lowest BCUT2D eigenvalue weighted by Crippen LogP contribution is -2.23. The van der Waals surface area contributed by atoms with Gasteiger partial charge in [-0.25, -0.2) is 0 Å². The first-order chi connectivity index (χ1) is 6.31. The largest absolute Gasteiger partial charge is 0.356 e. The smallest absolute Gasteiger partial charge is 0.219 e. The second-order valence-corrected chi connectivity index (χ2v) is 3.30. The van der Waals surface area contributed by atoms with Gasteiger partial charge in [0.2, 0.25) is 5.91 Å². The lowest BCUT2D eigenvalue weighted by molar-refractivity contribution is -0.121. The first-order valence-corrected chi connectivity index (χ1v) is 5.28. The van der Waals surface area contributed by atoms with Crippen molar-refractivity contribution in [3.8, 4) is 0 Å². The van der Waals surface area contributed by atoms with Crippen LogP contribution in [0.5, 0.6) is 0 Å². The van der Waals surface area contributed by atoms with Crippen LogP contribution in [0.25, 0.3) is 0 Å². The maximum Gasteiger partial charge on any atom is 0.219 e. The highest BCUT2D eigenvalue weighted by Gasteiger charge is 1.98. The van der Waals surface area contributed by atoms with Gasteiger partial charge in [0.15, 0.2) is 0 Å². The van der Waals surface area contributed by atoms with Crippen LogP contribution in [0.2, 0.25) is 0 Å². The Morgan fingerprint density at radius 2 is 2.00 bits per heavy atom. The van der Waals surface area contributed by atoms with Gasteiger partial charge in [-0.3, -0.25) is 4.79 Å². The Bertz CT molecular complexity index is 126. The van der Waals surface area contributed by atoms with Gasteiger partial charge in [0.1, 0.15) is 0 Å². The van der Waals surface area contributed by atoms with Crippen molar-refractivity contribution in [1.82, 2.24) is 5.32 Å². The van der Waals surface area contributed by atoms with Crippen LogP contribution in [-0.4, -0.2) is 19.0 Å². The van der Waals surface area contributed by atoms with Crippen molar-refractivity contribution in [1.29, 1.82) is 0 Å². The number of nitrogens with one attached hydrogen (secondary N) is 1. The zero-order valence-corrected chi connectivity index (χ0v) is 8.64. The molecule has 0 aromatic heterocycles. The van der Waals surface area contributed by atoms with E-state index >= 15 is 0 Å². The average molecular weight is 186 g/mol. The third-order valence-corrected chi connectivity index (χ3v) is 1.96. The molecule has 3 nitrogen and oxygen atoms in total. The molecule has 3 N–H and O–H groups in total. The lowest BCUT2D eigenvalue weighted by atomic mass is 10.2. The SMILES string of the molecule is CCCCNC(=O)CCCCCN. The molecule has 0 fully saturated rings. The fourth-order valence-corrected chi connectivity index (χ4v) is 1.10. The molecule has 0 aromatic carbocycles. The Morgan fingerprint density at radius 1 is 1.23 bits per heavy atom. The minimum atomic E-state index is 0.186. The van der Waals surface area contributed by atoms with Crippen molar-refractivity contribution in [3.05, 3.63) is 0 Å². The van der Waals surface area contributed by atoms with Crippen molar-refractivity contribution in [2.24, 2.45) is 5.73 Å². The zero-order valence-electron chi connectivity index (χ0n) is 8.64. The summed E-state index contributed by atoms with van der Waals surface area (Å²) >= 11 is 0. The van der Waals surface area contributed by atoms with E-state index < -0.39 is 0 Å². The summed E-state index contributed by atoms with van der Waals surface area (Å²) in [4.78, 5) is 11.1. The normalized spacial score (nSPS) is 10.0. The van der Waals surface area contributed by atoms with Crippen LogP contribution >= 0.6 is 0 Å². The highest BCUT2D eigenvalue weighted by atomic mass is 16.1. The molecule has 0 aliphatic carbocycles. The van der Waals surface area contributed by atoms with Crippen molar-refractivity contribution in [2.45, 2.75) is 45.4 Å². The minimum absolute atomic E-state index is 0.186. The minimum Gasteiger partial charge on any atom is -0.356 e. The van der Waals surface area contributed by atoms with Gasteiger partial charge in [-0.2, -0.15) is 0 Å². The van der Waals surface area contributed by atoms with Gasteiger partial charge in [0.05, 0.1) is 0 Å². The summed E-state index contributed by atoms with van der Waals surface area (Å²) in [6.45, 7) is 3.68. The molecule has 0 aliphatic rings. The molecule has 0 saturated carbocycles. The summed E-state index contributed by atoms with van der Waals surface area (Å²) in [5.74, 6) is 0.186. The average Bonchev–Trinajstić information content (AvgIpc) is 2.13. The molecule has 1 amide bonds. The Hall–Kier alpha value is -0.570. The standard InChI is InChI=1S/C10H22N2O/c1-2-3-9-12-10(13)7-5-4-6-8-11/h2-9,11H2,1H3,(H,12,13). The lowest BCUT2D eigenvalue weighted by Gasteiger charge is -2.03. The maximum atomic E-state index is 11.1. The van der Waals surface area contributed by atoms with E-state index in [0.717, 1.165) is 45.2 Å². The third kappa shape index (κ3) is 9.34. The van der Waals surface area contributed by atoms with Gasteiger partial charge in [-0.05, 0) is 25.8 Å². The van der Waals surface area contributed by atoms with Crippen molar-refractivity contribution in [2.75, 3.05) is 13.1 Å². The van der Waals surface area contributed by atoms with Crippen LogP contribution in [0.15, 0.2) is 0 Å². The van der Waals surface area contributed by atoms with Crippen LogP contribution in [0.4, 0.5) is 0 Å². The van der Waals surface area contributed by atoms with E-state index in [0.29, 0.717) is 6.42 Å². The van der Waals surface area contributed by atoms with E-state index in [1.807, 2.05) is 0 Å². The van der Waals surface area contributed by atoms with Crippen molar-refractivity contribution in [3.63, 3.8) is 0 Å². The third-order valence-electron chi connectivity index (χ3n) is 1.96. The van der Waals surface area contributed by atoms with Gasteiger partial charge < -0.3 is 11.1 Å². The Morgan fingerprint density at radius 3 is 2.62 bits per heavy atom. The van der Waals surface area contributed by atoms with Gasteiger partial charge in [-0.15, -0.1) is 0 Å². The van der Waals surface area contributed by atoms with E-state index in [4.69, 9.17) is 5.73 Å². The van der Waals surface area contributed by atoms with Crippen LogP contribution < -0.4 is 11.1 Å². The van der Waals surface area contributed by atoms with Gasteiger partial charge in [-0.1, -0.05) is 19.8 Å². The number of amides is 1. The monoisotopic (exact) mass is 186 g/mol. The number of rotatable bonds is 8. The molecule has 13 heavy (non-hydrogen) atoms. The van der Waals surface area contributed by atoms with Crippen molar-refractivity contribution < 1.29 is 4.79 Å². The van der Waals surface area contributed by atoms with Crippen molar-refractivity contribution >= 4 is 5.91 Å². The number of unbranched alkanes of at least 4 members (excludes halogenated alkanes) is 3. The molecule has 0 aliphatic heterocycles. The topological polar surface area (TPSA) is 55.1 Å². The summed E-state index contributed by atoms with van der Waals surface area (Å²) in [6, 6.07) is 0. The van der Waals surface area contributed by atoms with Crippen LogP contribution in [0.3, 0.4) is 0 Å². The number of carbonyl (C=O) groups is 1. The Labute approximate surface area is 81.1 Å². The summed E-state index contributed by atoms with van der Waals surface area (Å²) < 4.78 is 0. The number of nitrogens with two attached hydrogens (primary N) is 1. The summed E-state index contributed by atoms with van der Waals surface area (Å²) in [5, 5.41) is 2.89. The Kier molecular flexibility index (Phi) is 9.10. The second-order valence-electron chi connectivity index (χ2n) is 3.30. The molecule has 0 unspecified atom stereocenters. The molecule has 0 aromatic rings. The first-order valence-electron chi connectivity index (χ1n) is 5.28. The number of carbonyl (C=O) groups excluding carboxylic acids is 1. The fourth-order valence-electron chi connectivity index (χ4n) is 1.10. The van der Waals surface area contributed by atoms with Crippen LogP contribution in [0.1, 0.15) is 45.4 Å².